The van der Waals surface area contributed by atoms with E-state index >= 15 is 0 Å². The molecule has 0 atom stereocenters. The average molecular weight is 404 g/mol. The molecule has 0 bridgehead atoms. The Morgan fingerprint density at radius 2 is 1.93 bits per heavy atom. The van der Waals surface area contributed by atoms with Crippen LogP contribution in [-0.4, -0.2) is 63.1 Å². The molecule has 2 rings (SSSR count). The second-order valence-electron chi connectivity index (χ2n) is 7.35. The van der Waals surface area contributed by atoms with Gasteiger partial charge in [0.25, 0.3) is 5.91 Å². The lowest BCUT2D eigenvalue weighted by Crippen LogP contribution is -2.38. The first-order valence-electron chi connectivity index (χ1n) is 10.9. The molecular formula is C22H37N5O2. The molecule has 162 valence electrons. The maximum atomic E-state index is 11.5. The lowest BCUT2D eigenvalue weighted by molar-refractivity contribution is -0.122. The Hall–Kier alpha value is -2.28. The molecule has 1 aromatic carbocycles. The molecule has 7 heteroatoms. The van der Waals surface area contributed by atoms with Crippen molar-refractivity contribution in [2.24, 2.45) is 4.99 Å². The fourth-order valence-corrected chi connectivity index (χ4v) is 3.42. The van der Waals surface area contributed by atoms with Crippen LogP contribution >= 0.6 is 0 Å². The van der Waals surface area contributed by atoms with Crippen LogP contribution in [0.5, 0.6) is 5.75 Å². The highest BCUT2D eigenvalue weighted by molar-refractivity contribution is 5.79. The normalized spacial score (nSPS) is 15.4. The molecule has 0 aromatic heterocycles. The Balaban J connectivity index is 1.67. The van der Waals surface area contributed by atoms with E-state index in [1.54, 1.807) is 7.05 Å². The maximum Gasteiger partial charge on any atom is 0.257 e. The Morgan fingerprint density at radius 1 is 1.14 bits per heavy atom. The number of likely N-dealkylation sites (tertiary alicyclic amines) is 1. The molecule has 3 N–H and O–H groups in total. The van der Waals surface area contributed by atoms with Crippen LogP contribution in [0, 0.1) is 0 Å². The quantitative estimate of drug-likeness (QED) is 0.317. The molecule has 29 heavy (non-hydrogen) atoms. The first-order valence-corrected chi connectivity index (χ1v) is 10.9. The molecule has 1 fully saturated rings. The highest BCUT2D eigenvalue weighted by Gasteiger charge is 2.08. The largest absolute Gasteiger partial charge is 0.484 e. The summed E-state index contributed by atoms with van der Waals surface area (Å²) in [7, 11) is 1.79. The molecule has 1 aliphatic rings. The standard InChI is InChI=1S/C22H37N5O2/c1-3-24-21(28)18-29-20-11-8-10-19(16-20)17-26-22(23-2)25-12-9-15-27-13-6-4-5-7-14-27/h8,10-11,16H,3-7,9,12-15,17-18H2,1-2H3,(H,24,28)(H2,23,25,26). The molecule has 1 heterocycles. The Kier molecular flexibility index (Phi) is 11.0. The molecule has 1 aromatic rings. The van der Waals surface area contributed by atoms with Gasteiger partial charge in [0.15, 0.2) is 12.6 Å². The van der Waals surface area contributed by atoms with Crippen LogP contribution < -0.4 is 20.7 Å². The molecule has 1 saturated heterocycles. The second-order valence-corrected chi connectivity index (χ2v) is 7.35. The summed E-state index contributed by atoms with van der Waals surface area (Å²) >= 11 is 0. The molecule has 0 unspecified atom stereocenters. The van der Waals surface area contributed by atoms with Gasteiger partial charge in [-0.2, -0.15) is 0 Å². The van der Waals surface area contributed by atoms with Crippen molar-refractivity contribution < 1.29 is 9.53 Å². The van der Waals surface area contributed by atoms with Crippen molar-refractivity contribution in [1.82, 2.24) is 20.9 Å². The van der Waals surface area contributed by atoms with Crippen LogP contribution in [0.25, 0.3) is 0 Å². The number of rotatable bonds is 10. The molecule has 0 aliphatic carbocycles. The zero-order chi connectivity index (χ0) is 20.7. The van der Waals surface area contributed by atoms with E-state index in [9.17, 15) is 4.79 Å². The zero-order valence-corrected chi connectivity index (χ0v) is 18.0. The van der Waals surface area contributed by atoms with Gasteiger partial charge in [0.2, 0.25) is 0 Å². The predicted molar refractivity (Wildman–Crippen MR) is 118 cm³/mol. The molecule has 0 radical (unpaired) electrons. The highest BCUT2D eigenvalue weighted by atomic mass is 16.5. The number of nitrogens with zero attached hydrogens (tertiary/aromatic N) is 2. The summed E-state index contributed by atoms with van der Waals surface area (Å²) in [6.07, 6.45) is 6.54. The number of aliphatic imine (C=N–C) groups is 1. The maximum absolute atomic E-state index is 11.5. The van der Waals surface area contributed by atoms with Crippen molar-refractivity contribution in [3.8, 4) is 5.75 Å². The predicted octanol–water partition coefficient (Wildman–Crippen LogP) is 2.13. The molecule has 1 amide bonds. The van der Waals surface area contributed by atoms with Crippen molar-refractivity contribution in [1.29, 1.82) is 0 Å². The van der Waals surface area contributed by atoms with Gasteiger partial charge in [-0.1, -0.05) is 25.0 Å². The van der Waals surface area contributed by atoms with Gasteiger partial charge in [-0.3, -0.25) is 9.79 Å². The summed E-state index contributed by atoms with van der Waals surface area (Å²) in [6, 6.07) is 7.76. The van der Waals surface area contributed by atoms with Crippen LogP contribution in [0.1, 0.15) is 44.6 Å². The van der Waals surface area contributed by atoms with Gasteiger partial charge in [0, 0.05) is 26.7 Å². The SMILES string of the molecule is CCNC(=O)COc1cccc(CNC(=NC)NCCCN2CCCCCC2)c1. The number of amides is 1. The lowest BCUT2D eigenvalue weighted by Gasteiger charge is -2.20. The van der Waals surface area contributed by atoms with E-state index in [0.717, 1.165) is 31.0 Å². The van der Waals surface area contributed by atoms with E-state index < -0.39 is 0 Å². The van der Waals surface area contributed by atoms with Crippen LogP contribution in [0.2, 0.25) is 0 Å². The highest BCUT2D eigenvalue weighted by Crippen LogP contribution is 2.13. The number of ether oxygens (including phenoxy) is 1. The number of benzene rings is 1. The number of hydrogen-bond donors (Lipinski definition) is 3. The minimum absolute atomic E-state index is 0.0327. The molecule has 0 saturated carbocycles. The van der Waals surface area contributed by atoms with Crippen LogP contribution in [0.4, 0.5) is 0 Å². The lowest BCUT2D eigenvalue weighted by atomic mass is 10.2. The van der Waals surface area contributed by atoms with Crippen molar-refractivity contribution >= 4 is 11.9 Å². The van der Waals surface area contributed by atoms with Gasteiger partial charge in [0.05, 0.1) is 0 Å². The van der Waals surface area contributed by atoms with Crippen LogP contribution in [0.15, 0.2) is 29.3 Å². The summed E-state index contributed by atoms with van der Waals surface area (Å²) in [5.41, 5.74) is 1.07. The third kappa shape index (κ3) is 9.65. The summed E-state index contributed by atoms with van der Waals surface area (Å²) < 4.78 is 5.55. The number of hydrogen-bond acceptors (Lipinski definition) is 4. The number of carbonyl (C=O) groups excluding carboxylic acids is 1. The van der Waals surface area contributed by atoms with Crippen molar-refractivity contribution in [3.63, 3.8) is 0 Å². The first-order chi connectivity index (χ1) is 14.2. The molecular weight excluding hydrogens is 366 g/mol. The average Bonchev–Trinajstić information content (AvgIpc) is 3.01. The molecule has 1 aliphatic heterocycles. The van der Waals surface area contributed by atoms with Crippen LogP contribution in [-0.2, 0) is 11.3 Å². The Bertz CT molecular complexity index is 627. The summed E-state index contributed by atoms with van der Waals surface area (Å²) in [5.74, 6) is 1.38. The summed E-state index contributed by atoms with van der Waals surface area (Å²) in [5, 5.41) is 9.45. The minimum Gasteiger partial charge on any atom is -0.484 e. The summed E-state index contributed by atoms with van der Waals surface area (Å²) in [6.45, 7) is 7.71. The smallest absolute Gasteiger partial charge is 0.257 e. The summed E-state index contributed by atoms with van der Waals surface area (Å²) in [4.78, 5) is 18.4. The van der Waals surface area contributed by atoms with Gasteiger partial charge in [0.1, 0.15) is 5.75 Å². The number of nitrogens with one attached hydrogen (secondary N) is 3. The monoisotopic (exact) mass is 403 g/mol. The van der Waals surface area contributed by atoms with Crippen molar-refractivity contribution in [2.45, 2.75) is 45.6 Å². The van der Waals surface area contributed by atoms with E-state index in [0.29, 0.717) is 18.8 Å². The minimum atomic E-state index is -0.110. The first kappa shape index (κ1) is 23.0. The van der Waals surface area contributed by atoms with Gasteiger partial charge < -0.3 is 25.6 Å². The molecule has 0 spiro atoms. The van der Waals surface area contributed by atoms with E-state index in [-0.39, 0.29) is 12.5 Å². The second kappa shape index (κ2) is 13.8. The Morgan fingerprint density at radius 3 is 2.66 bits per heavy atom. The fourth-order valence-electron chi connectivity index (χ4n) is 3.42. The number of carbonyl (C=O) groups is 1. The van der Waals surface area contributed by atoms with Crippen molar-refractivity contribution in [2.75, 3.05) is 46.4 Å². The van der Waals surface area contributed by atoms with E-state index in [4.69, 9.17) is 4.74 Å². The van der Waals surface area contributed by atoms with Gasteiger partial charge in [-0.25, -0.2) is 0 Å². The number of likely N-dealkylation sites (N-methyl/N-ethyl adjacent to an activating group) is 1. The Labute approximate surface area is 175 Å². The van der Waals surface area contributed by atoms with Gasteiger partial charge >= 0.3 is 0 Å². The van der Waals surface area contributed by atoms with E-state index in [2.05, 4.69) is 25.8 Å². The van der Waals surface area contributed by atoms with E-state index in [1.165, 1.54) is 38.8 Å². The zero-order valence-electron chi connectivity index (χ0n) is 18.0. The third-order valence-corrected chi connectivity index (χ3v) is 4.97. The molecule has 7 nitrogen and oxygen atoms in total. The van der Waals surface area contributed by atoms with Crippen molar-refractivity contribution in [3.05, 3.63) is 29.8 Å². The topological polar surface area (TPSA) is 78.0 Å². The fraction of sp³-hybridized carbons (Fsp3) is 0.636. The van der Waals surface area contributed by atoms with Gasteiger partial charge in [-0.15, -0.1) is 0 Å². The van der Waals surface area contributed by atoms with Gasteiger partial charge in [-0.05, 0) is 63.5 Å². The van der Waals surface area contributed by atoms with E-state index in [1.807, 2.05) is 31.2 Å². The third-order valence-electron chi connectivity index (χ3n) is 4.97. The number of guanidine groups is 1. The van der Waals surface area contributed by atoms with Crippen LogP contribution in [0.3, 0.4) is 0 Å².